The van der Waals surface area contributed by atoms with Crippen molar-refractivity contribution in [1.82, 2.24) is 4.90 Å². The van der Waals surface area contributed by atoms with Crippen LogP contribution >= 0.6 is 11.8 Å². The lowest BCUT2D eigenvalue weighted by Crippen LogP contribution is -2.66. The molecule has 0 bridgehead atoms. The van der Waals surface area contributed by atoms with Crippen LogP contribution in [0.1, 0.15) is 6.92 Å². The van der Waals surface area contributed by atoms with E-state index in [2.05, 4.69) is 4.99 Å². The number of aliphatic hydroxyl groups is 3. The molecule has 3 N–H and O–H groups in total. The van der Waals surface area contributed by atoms with Crippen molar-refractivity contribution in [3.63, 3.8) is 0 Å². The van der Waals surface area contributed by atoms with Gasteiger partial charge in [-0.2, -0.15) is 13.2 Å². The number of aliphatic imine (C=N–C) groups is 1. The summed E-state index contributed by atoms with van der Waals surface area (Å²) < 4.78 is 43.9. The average Bonchev–Trinajstić information content (AvgIpc) is 2.76. The summed E-state index contributed by atoms with van der Waals surface area (Å²) in [6.45, 7) is 0.515. The van der Waals surface area contributed by atoms with Gasteiger partial charge in [-0.05, 0) is 6.92 Å². The van der Waals surface area contributed by atoms with Crippen LogP contribution < -0.4 is 0 Å². The van der Waals surface area contributed by atoms with Crippen LogP contribution in [0.5, 0.6) is 0 Å². The van der Waals surface area contributed by atoms with E-state index in [4.69, 9.17) is 4.74 Å². The molecule has 0 amide bonds. The van der Waals surface area contributed by atoms with E-state index in [1.165, 1.54) is 0 Å². The van der Waals surface area contributed by atoms with Crippen LogP contribution in [0.3, 0.4) is 0 Å². The quantitative estimate of drug-likeness (QED) is 0.616. The summed E-state index contributed by atoms with van der Waals surface area (Å²) in [7, 11) is 3.38. The zero-order valence-corrected chi connectivity index (χ0v) is 12.4. The molecule has 0 aromatic carbocycles. The molecule has 0 saturated carbocycles. The zero-order chi connectivity index (χ0) is 16.2. The lowest BCUT2D eigenvalue weighted by molar-refractivity contribution is -0.317. The van der Waals surface area contributed by atoms with Gasteiger partial charge < -0.3 is 25.0 Å². The van der Waals surface area contributed by atoms with Crippen molar-refractivity contribution in [2.45, 2.75) is 48.5 Å². The van der Waals surface area contributed by atoms with Crippen LogP contribution in [0.25, 0.3) is 0 Å². The molecule has 1 saturated heterocycles. The second-order valence-corrected chi connectivity index (χ2v) is 6.53. The number of halogens is 3. The maximum Gasteiger partial charge on any atom is 0.419 e. The van der Waals surface area contributed by atoms with E-state index in [9.17, 15) is 28.5 Å². The van der Waals surface area contributed by atoms with E-state index in [0.717, 1.165) is 11.8 Å². The summed E-state index contributed by atoms with van der Waals surface area (Å²) in [6.07, 6.45) is -10.4. The van der Waals surface area contributed by atoms with Crippen molar-refractivity contribution in [3.05, 3.63) is 0 Å². The molecule has 0 radical (unpaired) electrons. The first-order chi connectivity index (χ1) is 9.46. The van der Waals surface area contributed by atoms with Crippen LogP contribution in [0, 0.1) is 0 Å². The fraction of sp³-hybridized carbons (Fsp3) is 0.909. The van der Waals surface area contributed by atoms with Crippen LogP contribution in [0.15, 0.2) is 4.99 Å². The fourth-order valence-corrected chi connectivity index (χ4v) is 3.33. The van der Waals surface area contributed by atoms with Crippen molar-refractivity contribution >= 4 is 16.9 Å². The second kappa shape index (κ2) is 5.27. The first-order valence-corrected chi connectivity index (χ1v) is 7.07. The Morgan fingerprint density at radius 1 is 1.24 bits per heavy atom. The minimum absolute atomic E-state index is 0.476. The van der Waals surface area contributed by atoms with Crippen molar-refractivity contribution in [2.24, 2.45) is 4.99 Å². The number of ether oxygens (including phenoxy) is 1. The molecular formula is C11H17F3N2O4S. The number of hydrogen-bond acceptors (Lipinski definition) is 7. The van der Waals surface area contributed by atoms with E-state index >= 15 is 0 Å². The molecule has 21 heavy (non-hydrogen) atoms. The van der Waals surface area contributed by atoms with E-state index < -0.39 is 41.6 Å². The molecular weight excluding hydrogens is 313 g/mol. The predicted molar refractivity (Wildman–Crippen MR) is 69.9 cm³/mol. The van der Waals surface area contributed by atoms with Crippen LogP contribution in [0.4, 0.5) is 13.2 Å². The van der Waals surface area contributed by atoms with Gasteiger partial charge in [-0.25, -0.2) is 0 Å². The van der Waals surface area contributed by atoms with Gasteiger partial charge in [0.25, 0.3) is 0 Å². The van der Waals surface area contributed by atoms with Crippen molar-refractivity contribution in [2.75, 3.05) is 14.1 Å². The third-order valence-corrected chi connectivity index (χ3v) is 4.86. The predicted octanol–water partition coefficient (Wildman–Crippen LogP) is -0.221. The Morgan fingerprint density at radius 3 is 2.29 bits per heavy atom. The number of hydrogen-bond donors (Lipinski definition) is 3. The number of fused-ring (bicyclic) bond motifs is 1. The third-order valence-electron chi connectivity index (χ3n) is 3.56. The monoisotopic (exact) mass is 330 g/mol. The molecule has 10 heteroatoms. The molecule has 6 atom stereocenters. The maximum atomic E-state index is 12.9. The highest BCUT2D eigenvalue weighted by molar-refractivity contribution is 8.14. The van der Waals surface area contributed by atoms with Crippen molar-refractivity contribution in [1.29, 1.82) is 0 Å². The number of thioether (sulfide) groups is 1. The van der Waals surface area contributed by atoms with Crippen molar-refractivity contribution in [3.8, 4) is 0 Å². The topological polar surface area (TPSA) is 85.5 Å². The van der Waals surface area contributed by atoms with E-state index in [1.807, 2.05) is 0 Å². The number of alkyl halides is 3. The van der Waals surface area contributed by atoms with Gasteiger partial charge in [-0.3, -0.25) is 4.99 Å². The zero-order valence-electron chi connectivity index (χ0n) is 11.6. The molecule has 0 aliphatic carbocycles. The van der Waals surface area contributed by atoms with E-state index in [-0.39, 0.29) is 0 Å². The minimum Gasteiger partial charge on any atom is -0.388 e. The summed E-state index contributed by atoms with van der Waals surface area (Å²) in [5.74, 6) is 0. The molecule has 122 valence electrons. The Hall–Kier alpha value is -0.550. The highest BCUT2D eigenvalue weighted by atomic mass is 32.2. The molecule has 1 fully saturated rings. The highest BCUT2D eigenvalue weighted by Gasteiger charge is 2.62. The Bertz CT molecular complexity index is 444. The first-order valence-electron chi connectivity index (χ1n) is 6.19. The standard InChI is InChI=1S/C11H17F3N2O4S/c1-10(19,11(12,13)14)7-6(18)5(17)4-8(20-7)21-9(15-4)16(2)3/h4-8,17-19H,1-3H3. The Balaban J connectivity index is 2.25. The van der Waals surface area contributed by atoms with Gasteiger partial charge in [0, 0.05) is 14.1 Å². The fourth-order valence-electron chi connectivity index (χ4n) is 2.19. The summed E-state index contributed by atoms with van der Waals surface area (Å²) in [4.78, 5) is 5.75. The van der Waals surface area contributed by atoms with Crippen molar-refractivity contribution < 1.29 is 33.2 Å². The minimum atomic E-state index is -5.00. The SMILES string of the molecule is CN(C)C1=NC2C(OC(C(C)(O)C(F)(F)F)C(O)C2O)S1. The second-order valence-electron chi connectivity index (χ2n) is 5.47. The van der Waals surface area contributed by atoms with Gasteiger partial charge in [-0.1, -0.05) is 11.8 Å². The Morgan fingerprint density at radius 2 is 1.81 bits per heavy atom. The number of amidine groups is 1. The number of rotatable bonds is 1. The van der Waals surface area contributed by atoms with Crippen LogP contribution in [0.2, 0.25) is 0 Å². The van der Waals surface area contributed by atoms with Gasteiger partial charge in [0.05, 0.1) is 0 Å². The highest BCUT2D eigenvalue weighted by Crippen LogP contribution is 2.43. The van der Waals surface area contributed by atoms with Crippen LogP contribution in [-0.4, -0.2) is 81.0 Å². The molecule has 2 aliphatic rings. The van der Waals surface area contributed by atoms with Gasteiger partial charge in [-0.15, -0.1) is 0 Å². The largest absolute Gasteiger partial charge is 0.419 e. The third kappa shape index (κ3) is 2.74. The summed E-state index contributed by atoms with van der Waals surface area (Å²) in [6, 6.07) is -0.873. The summed E-state index contributed by atoms with van der Waals surface area (Å²) >= 11 is 1.04. The molecule has 0 aromatic rings. The summed E-state index contributed by atoms with van der Waals surface area (Å²) in [5.41, 5.74) is -4.17. The molecule has 2 rings (SSSR count). The van der Waals surface area contributed by atoms with E-state index in [1.54, 1.807) is 19.0 Å². The smallest absolute Gasteiger partial charge is 0.388 e. The molecule has 0 aromatic heterocycles. The molecule has 2 heterocycles. The first kappa shape index (κ1) is 16.8. The normalized spacial score (nSPS) is 39.5. The van der Waals surface area contributed by atoms with Gasteiger partial charge >= 0.3 is 6.18 Å². The average molecular weight is 330 g/mol. The maximum absolute atomic E-state index is 12.9. The van der Waals surface area contributed by atoms with Gasteiger partial charge in [0.2, 0.25) is 0 Å². The molecule has 2 aliphatic heterocycles. The number of aliphatic hydroxyl groups excluding tert-OH is 2. The Labute approximate surface area is 123 Å². The molecule has 0 spiro atoms. The Kier molecular flexibility index (Phi) is 4.22. The number of nitrogens with zero attached hydrogens (tertiary/aromatic N) is 2. The lowest BCUT2D eigenvalue weighted by atomic mass is 9.87. The lowest BCUT2D eigenvalue weighted by Gasteiger charge is -2.44. The van der Waals surface area contributed by atoms with Gasteiger partial charge in [0.15, 0.2) is 10.8 Å². The van der Waals surface area contributed by atoms with Crippen LogP contribution in [-0.2, 0) is 4.74 Å². The van der Waals surface area contributed by atoms with E-state index in [0.29, 0.717) is 12.1 Å². The summed E-state index contributed by atoms with van der Waals surface area (Å²) in [5, 5.41) is 30.0. The molecule has 6 unspecified atom stereocenters. The molecule has 6 nitrogen and oxygen atoms in total. The van der Waals surface area contributed by atoms with Gasteiger partial charge in [0.1, 0.15) is 29.8 Å².